The summed E-state index contributed by atoms with van der Waals surface area (Å²) in [6.07, 6.45) is 2.81. The average Bonchev–Trinajstić information content (AvgIpc) is 2.27. The van der Waals surface area contributed by atoms with E-state index in [1.165, 1.54) is 12.1 Å². The molecule has 0 amide bonds. The zero-order chi connectivity index (χ0) is 13.2. The van der Waals surface area contributed by atoms with Crippen molar-refractivity contribution in [2.45, 2.75) is 38.6 Å². The van der Waals surface area contributed by atoms with Gasteiger partial charge in [-0.2, -0.15) is 5.26 Å². The van der Waals surface area contributed by atoms with Crippen molar-refractivity contribution in [1.29, 1.82) is 5.26 Å². The Morgan fingerprint density at radius 2 is 2.00 bits per heavy atom. The van der Waals surface area contributed by atoms with Crippen LogP contribution in [-0.2, 0) is 0 Å². The molecule has 0 bridgehead atoms. The second kappa shape index (κ2) is 4.97. The van der Waals surface area contributed by atoms with Crippen molar-refractivity contribution in [3.05, 3.63) is 30.1 Å². The second-order valence-electron chi connectivity index (χ2n) is 5.68. The molecule has 0 spiro atoms. The molecule has 0 aliphatic heterocycles. The number of nitrogens with one attached hydrogen (secondary N) is 1. The lowest BCUT2D eigenvalue weighted by atomic mass is 9.72. The predicted octanol–water partition coefficient (Wildman–Crippen LogP) is 3.96. The Balaban J connectivity index is 2.21. The molecule has 0 heterocycles. The minimum absolute atomic E-state index is 0.273. The van der Waals surface area contributed by atoms with Gasteiger partial charge in [-0.15, -0.1) is 0 Å². The Hall–Kier alpha value is -1.56. The topological polar surface area (TPSA) is 35.8 Å². The monoisotopic (exact) mass is 246 g/mol. The molecule has 0 radical (unpaired) electrons. The van der Waals surface area contributed by atoms with Crippen molar-refractivity contribution in [2.75, 3.05) is 5.32 Å². The van der Waals surface area contributed by atoms with Gasteiger partial charge in [0.2, 0.25) is 0 Å². The molecule has 1 aliphatic rings. The smallest absolute Gasteiger partial charge is 0.125 e. The SMILES string of the molecule is CC1CC(C)CC(C#N)(Nc2cccc(F)c2)C1. The van der Waals surface area contributed by atoms with E-state index in [4.69, 9.17) is 0 Å². The first-order chi connectivity index (χ1) is 8.53. The lowest BCUT2D eigenvalue weighted by Gasteiger charge is -2.39. The molecular weight excluding hydrogens is 227 g/mol. The van der Waals surface area contributed by atoms with Crippen molar-refractivity contribution < 1.29 is 4.39 Å². The zero-order valence-electron chi connectivity index (χ0n) is 10.9. The Labute approximate surface area is 108 Å². The van der Waals surface area contributed by atoms with Gasteiger partial charge in [0.15, 0.2) is 0 Å². The molecule has 2 unspecified atom stereocenters. The fraction of sp³-hybridized carbons (Fsp3) is 0.533. The number of hydrogen-bond acceptors (Lipinski definition) is 2. The van der Waals surface area contributed by atoms with E-state index in [2.05, 4.69) is 25.2 Å². The lowest BCUT2D eigenvalue weighted by molar-refractivity contribution is 0.240. The van der Waals surface area contributed by atoms with Crippen LogP contribution in [0, 0.1) is 29.0 Å². The summed E-state index contributed by atoms with van der Waals surface area (Å²) in [7, 11) is 0. The van der Waals surface area contributed by atoms with E-state index < -0.39 is 5.54 Å². The summed E-state index contributed by atoms with van der Waals surface area (Å²) in [5.74, 6) is 0.772. The van der Waals surface area contributed by atoms with Crippen molar-refractivity contribution in [3.8, 4) is 6.07 Å². The molecule has 1 aliphatic carbocycles. The number of halogens is 1. The van der Waals surface area contributed by atoms with E-state index in [-0.39, 0.29) is 5.82 Å². The molecular formula is C15H19FN2. The molecule has 3 heteroatoms. The summed E-state index contributed by atoms with van der Waals surface area (Å²) in [5.41, 5.74) is 0.142. The fourth-order valence-electron chi connectivity index (χ4n) is 3.19. The number of hydrogen-bond donors (Lipinski definition) is 1. The molecule has 96 valence electrons. The number of anilines is 1. The fourth-order valence-corrected chi connectivity index (χ4v) is 3.19. The number of nitrogens with zero attached hydrogens (tertiary/aromatic N) is 1. The lowest BCUT2D eigenvalue weighted by Crippen LogP contribution is -2.43. The van der Waals surface area contributed by atoms with Gasteiger partial charge in [0.05, 0.1) is 6.07 Å². The molecule has 2 atom stereocenters. The highest BCUT2D eigenvalue weighted by Crippen LogP contribution is 2.37. The molecule has 1 aromatic rings. The van der Waals surface area contributed by atoms with Crippen LogP contribution in [-0.4, -0.2) is 5.54 Å². The van der Waals surface area contributed by atoms with Gasteiger partial charge in [0, 0.05) is 5.69 Å². The largest absolute Gasteiger partial charge is 0.367 e. The predicted molar refractivity (Wildman–Crippen MR) is 70.5 cm³/mol. The minimum atomic E-state index is -0.551. The molecule has 0 saturated heterocycles. The van der Waals surface area contributed by atoms with Crippen LogP contribution in [0.5, 0.6) is 0 Å². The third kappa shape index (κ3) is 2.81. The van der Waals surface area contributed by atoms with Crippen LogP contribution in [0.4, 0.5) is 10.1 Å². The first-order valence-corrected chi connectivity index (χ1v) is 6.48. The highest BCUT2D eigenvalue weighted by Gasteiger charge is 2.38. The van der Waals surface area contributed by atoms with Crippen molar-refractivity contribution >= 4 is 5.69 Å². The Bertz CT molecular complexity index is 454. The van der Waals surface area contributed by atoms with Crippen molar-refractivity contribution in [2.24, 2.45) is 11.8 Å². The van der Waals surface area contributed by atoms with Crippen LogP contribution in [0.15, 0.2) is 24.3 Å². The quantitative estimate of drug-likeness (QED) is 0.857. The average molecular weight is 246 g/mol. The summed E-state index contributed by atoms with van der Waals surface area (Å²) >= 11 is 0. The Kier molecular flexibility index (Phi) is 3.56. The van der Waals surface area contributed by atoms with Crippen LogP contribution >= 0.6 is 0 Å². The maximum absolute atomic E-state index is 13.2. The summed E-state index contributed by atoms with van der Waals surface area (Å²) in [4.78, 5) is 0. The van der Waals surface area contributed by atoms with Gasteiger partial charge in [-0.05, 0) is 49.3 Å². The Morgan fingerprint density at radius 1 is 1.33 bits per heavy atom. The first-order valence-electron chi connectivity index (χ1n) is 6.48. The minimum Gasteiger partial charge on any atom is -0.367 e. The number of benzene rings is 1. The summed E-state index contributed by atoms with van der Waals surface area (Å²) in [6.45, 7) is 4.35. The second-order valence-corrected chi connectivity index (χ2v) is 5.68. The van der Waals surface area contributed by atoms with Gasteiger partial charge in [-0.1, -0.05) is 19.9 Å². The van der Waals surface area contributed by atoms with Crippen molar-refractivity contribution in [3.63, 3.8) is 0 Å². The van der Waals surface area contributed by atoms with E-state index in [0.717, 1.165) is 19.3 Å². The van der Waals surface area contributed by atoms with Crippen LogP contribution in [0.1, 0.15) is 33.1 Å². The van der Waals surface area contributed by atoms with E-state index in [9.17, 15) is 9.65 Å². The highest BCUT2D eigenvalue weighted by molar-refractivity contribution is 5.48. The van der Waals surface area contributed by atoms with Gasteiger partial charge in [-0.25, -0.2) is 4.39 Å². The molecule has 0 aromatic heterocycles. The van der Waals surface area contributed by atoms with Gasteiger partial charge in [0.1, 0.15) is 11.4 Å². The maximum atomic E-state index is 13.2. The van der Waals surface area contributed by atoms with Crippen LogP contribution in [0.3, 0.4) is 0 Å². The summed E-state index contributed by atoms with van der Waals surface area (Å²) < 4.78 is 13.2. The Morgan fingerprint density at radius 3 is 2.56 bits per heavy atom. The first kappa shape index (κ1) is 12.9. The van der Waals surface area contributed by atoms with Gasteiger partial charge >= 0.3 is 0 Å². The third-order valence-corrected chi connectivity index (χ3v) is 3.62. The number of nitriles is 1. The van der Waals surface area contributed by atoms with Crippen LogP contribution in [0.25, 0.3) is 0 Å². The number of rotatable bonds is 2. The highest BCUT2D eigenvalue weighted by atomic mass is 19.1. The zero-order valence-corrected chi connectivity index (χ0v) is 10.9. The molecule has 2 rings (SSSR count). The van der Waals surface area contributed by atoms with E-state index in [1.807, 2.05) is 6.07 Å². The van der Waals surface area contributed by atoms with Gasteiger partial charge < -0.3 is 5.32 Å². The molecule has 2 nitrogen and oxygen atoms in total. The molecule has 1 N–H and O–H groups in total. The molecule has 1 aromatic carbocycles. The van der Waals surface area contributed by atoms with Crippen LogP contribution in [0.2, 0.25) is 0 Å². The van der Waals surface area contributed by atoms with Crippen molar-refractivity contribution in [1.82, 2.24) is 0 Å². The standard InChI is InChI=1S/C15H19FN2/c1-11-6-12(2)9-15(8-11,10-17)18-14-5-3-4-13(16)7-14/h3-5,7,11-12,18H,6,8-9H2,1-2H3. The van der Waals surface area contributed by atoms with Gasteiger partial charge in [-0.3, -0.25) is 0 Å². The van der Waals surface area contributed by atoms with E-state index in [0.29, 0.717) is 17.5 Å². The van der Waals surface area contributed by atoms with Gasteiger partial charge in [0.25, 0.3) is 0 Å². The molecule has 18 heavy (non-hydrogen) atoms. The molecule has 1 fully saturated rings. The summed E-state index contributed by atoms with van der Waals surface area (Å²) in [6, 6.07) is 8.75. The van der Waals surface area contributed by atoms with E-state index >= 15 is 0 Å². The van der Waals surface area contributed by atoms with E-state index in [1.54, 1.807) is 6.07 Å². The third-order valence-electron chi connectivity index (χ3n) is 3.62. The van der Waals surface area contributed by atoms with Crippen LogP contribution < -0.4 is 5.32 Å². The molecule has 1 saturated carbocycles. The summed E-state index contributed by atoms with van der Waals surface area (Å²) in [5, 5.41) is 12.7. The maximum Gasteiger partial charge on any atom is 0.125 e. The normalized spacial score (nSPS) is 31.7.